The van der Waals surface area contributed by atoms with Gasteiger partial charge in [0.15, 0.2) is 0 Å². The zero-order valence-electron chi connectivity index (χ0n) is 12.3. The maximum atomic E-state index is 12.0. The Balaban J connectivity index is 1.65. The topological polar surface area (TPSA) is 42.3 Å². The zero-order valence-corrected chi connectivity index (χ0v) is 12.3. The third-order valence-corrected chi connectivity index (χ3v) is 4.87. The Morgan fingerprint density at radius 3 is 2.59 bits per heavy atom. The van der Waals surface area contributed by atoms with Gasteiger partial charge in [0.25, 0.3) is 5.56 Å². The Labute approximate surface area is 129 Å². The van der Waals surface area contributed by atoms with E-state index in [-0.39, 0.29) is 5.56 Å². The second-order valence-corrected chi connectivity index (χ2v) is 6.31. The van der Waals surface area contributed by atoms with Crippen LogP contribution in [0.1, 0.15) is 28.4 Å². The van der Waals surface area contributed by atoms with Crippen LogP contribution in [0, 0.1) is 5.92 Å². The molecular weight excluding hydrogens is 276 g/mol. The lowest BCUT2D eigenvalue weighted by Gasteiger charge is -2.43. The molecule has 0 spiro atoms. The predicted octanol–water partition coefficient (Wildman–Crippen LogP) is 2.28. The van der Waals surface area contributed by atoms with E-state index in [1.165, 1.54) is 0 Å². The molecule has 1 saturated heterocycles. The minimum absolute atomic E-state index is 0.121. The van der Waals surface area contributed by atoms with Gasteiger partial charge < -0.3 is 9.47 Å². The normalized spacial score (nSPS) is 23.0. The van der Waals surface area contributed by atoms with E-state index in [4.69, 9.17) is 0 Å². The summed E-state index contributed by atoms with van der Waals surface area (Å²) in [6.07, 6.45) is 2.03. The van der Waals surface area contributed by atoms with Gasteiger partial charge in [0.05, 0.1) is 0 Å². The Kier molecular flexibility index (Phi) is 3.10. The smallest absolute Gasteiger partial charge is 0.250 e. The number of pyridine rings is 1. The molecule has 0 radical (unpaired) electrons. The molecule has 3 heterocycles. The highest BCUT2D eigenvalue weighted by Gasteiger charge is 2.34. The summed E-state index contributed by atoms with van der Waals surface area (Å²) in [7, 11) is 0. The minimum atomic E-state index is 0.121. The molecule has 0 N–H and O–H groups in total. The molecule has 4 rings (SSSR count). The first-order valence-electron chi connectivity index (χ1n) is 7.74. The van der Waals surface area contributed by atoms with E-state index in [0.717, 1.165) is 43.7 Å². The lowest BCUT2D eigenvalue weighted by molar-refractivity contribution is 0.112. The van der Waals surface area contributed by atoms with Crippen LogP contribution in [0.2, 0.25) is 0 Å². The van der Waals surface area contributed by atoms with Crippen LogP contribution in [0.3, 0.4) is 0 Å². The summed E-state index contributed by atoms with van der Waals surface area (Å²) in [4.78, 5) is 25.2. The average Bonchev–Trinajstić information content (AvgIpc) is 2.56. The predicted molar refractivity (Wildman–Crippen MR) is 85.6 cm³/mol. The van der Waals surface area contributed by atoms with Crippen molar-refractivity contribution in [1.29, 1.82) is 0 Å². The molecule has 1 aromatic heterocycles. The molecule has 2 aliphatic rings. The van der Waals surface area contributed by atoms with Crippen LogP contribution >= 0.6 is 0 Å². The quantitative estimate of drug-likeness (QED) is 0.798. The van der Waals surface area contributed by atoms with Gasteiger partial charge in [-0.05, 0) is 42.7 Å². The summed E-state index contributed by atoms with van der Waals surface area (Å²) in [5, 5.41) is 0. The Morgan fingerprint density at radius 2 is 1.82 bits per heavy atom. The van der Waals surface area contributed by atoms with Crippen molar-refractivity contribution >= 4 is 12.0 Å². The fraction of sp³-hybridized carbons (Fsp3) is 0.333. The van der Waals surface area contributed by atoms with E-state index in [1.807, 2.05) is 34.9 Å². The van der Waals surface area contributed by atoms with Crippen molar-refractivity contribution in [3.8, 4) is 0 Å². The van der Waals surface area contributed by atoms with E-state index in [2.05, 4.69) is 11.0 Å². The van der Waals surface area contributed by atoms with Crippen LogP contribution in [0.4, 0.5) is 5.69 Å². The van der Waals surface area contributed by atoms with E-state index in [0.29, 0.717) is 17.4 Å². The standard InChI is InChI=1S/C18H18N2O2/c21-12-13-4-6-16(7-5-13)19-9-14-8-15(11-19)17-2-1-3-18(22)20(17)10-14/h1-7,12,14-15H,8-11H2. The van der Waals surface area contributed by atoms with Gasteiger partial charge in [-0.15, -0.1) is 0 Å². The molecule has 2 atom stereocenters. The number of benzene rings is 1. The lowest BCUT2D eigenvalue weighted by atomic mass is 9.83. The van der Waals surface area contributed by atoms with Crippen LogP contribution in [-0.2, 0) is 6.54 Å². The summed E-state index contributed by atoms with van der Waals surface area (Å²) < 4.78 is 1.95. The number of aldehydes is 1. The van der Waals surface area contributed by atoms with Crippen molar-refractivity contribution in [1.82, 2.24) is 4.57 Å². The number of hydrogen-bond donors (Lipinski definition) is 0. The summed E-state index contributed by atoms with van der Waals surface area (Å²) >= 11 is 0. The maximum absolute atomic E-state index is 12.0. The van der Waals surface area contributed by atoms with Crippen molar-refractivity contribution in [2.24, 2.45) is 5.92 Å². The highest BCUT2D eigenvalue weighted by molar-refractivity contribution is 5.75. The van der Waals surface area contributed by atoms with E-state index < -0.39 is 0 Å². The van der Waals surface area contributed by atoms with Crippen molar-refractivity contribution in [3.05, 3.63) is 64.1 Å². The first kappa shape index (κ1) is 13.3. The van der Waals surface area contributed by atoms with E-state index in [1.54, 1.807) is 6.07 Å². The Hall–Kier alpha value is -2.36. The summed E-state index contributed by atoms with van der Waals surface area (Å²) in [5.41, 5.74) is 3.15. The zero-order chi connectivity index (χ0) is 15.1. The van der Waals surface area contributed by atoms with Gasteiger partial charge in [0.1, 0.15) is 6.29 Å². The minimum Gasteiger partial charge on any atom is -0.371 e. The van der Waals surface area contributed by atoms with E-state index >= 15 is 0 Å². The average molecular weight is 294 g/mol. The number of hydrogen-bond acceptors (Lipinski definition) is 3. The number of carbonyl (C=O) groups is 1. The van der Waals surface area contributed by atoms with Crippen molar-refractivity contribution in [2.75, 3.05) is 18.0 Å². The molecular formula is C18H18N2O2. The molecule has 2 aliphatic heterocycles. The fourth-order valence-electron chi connectivity index (χ4n) is 3.87. The van der Waals surface area contributed by atoms with Gasteiger partial charge in [-0.25, -0.2) is 0 Å². The van der Waals surface area contributed by atoms with Gasteiger partial charge in [-0.3, -0.25) is 9.59 Å². The molecule has 1 aromatic carbocycles. The number of anilines is 1. The lowest BCUT2D eigenvalue weighted by Crippen LogP contribution is -2.47. The van der Waals surface area contributed by atoms with Crippen LogP contribution in [0.5, 0.6) is 0 Å². The molecule has 4 nitrogen and oxygen atoms in total. The molecule has 112 valence electrons. The summed E-state index contributed by atoms with van der Waals surface area (Å²) in [6.45, 7) is 2.71. The second-order valence-electron chi connectivity index (χ2n) is 6.31. The molecule has 1 fully saturated rings. The van der Waals surface area contributed by atoms with Crippen LogP contribution in [-0.4, -0.2) is 23.9 Å². The first-order valence-corrected chi connectivity index (χ1v) is 7.74. The molecule has 2 bridgehead atoms. The van der Waals surface area contributed by atoms with Crippen LogP contribution < -0.4 is 10.5 Å². The number of carbonyl (C=O) groups excluding carboxylic acids is 1. The maximum Gasteiger partial charge on any atom is 0.250 e. The summed E-state index contributed by atoms with van der Waals surface area (Å²) in [6, 6.07) is 13.4. The number of fused-ring (bicyclic) bond motifs is 4. The number of rotatable bonds is 2. The van der Waals surface area contributed by atoms with Gasteiger partial charge in [-0.2, -0.15) is 0 Å². The monoisotopic (exact) mass is 294 g/mol. The fourth-order valence-corrected chi connectivity index (χ4v) is 3.87. The second kappa shape index (κ2) is 5.13. The first-order chi connectivity index (χ1) is 10.7. The highest BCUT2D eigenvalue weighted by Crippen LogP contribution is 2.36. The highest BCUT2D eigenvalue weighted by atomic mass is 16.1. The molecule has 2 unspecified atom stereocenters. The molecule has 4 heteroatoms. The third-order valence-electron chi connectivity index (χ3n) is 4.87. The third kappa shape index (κ3) is 2.15. The SMILES string of the molecule is O=Cc1ccc(N2CC3CC(C2)c2cccc(=O)n2C3)cc1. The van der Waals surface area contributed by atoms with Crippen LogP contribution in [0.25, 0.3) is 0 Å². The van der Waals surface area contributed by atoms with Gasteiger partial charge in [0, 0.05) is 48.6 Å². The number of nitrogens with zero attached hydrogens (tertiary/aromatic N) is 2. The van der Waals surface area contributed by atoms with Crippen LogP contribution in [0.15, 0.2) is 47.3 Å². The molecule has 0 aliphatic carbocycles. The molecule has 22 heavy (non-hydrogen) atoms. The van der Waals surface area contributed by atoms with E-state index in [9.17, 15) is 9.59 Å². The number of aromatic nitrogens is 1. The summed E-state index contributed by atoms with van der Waals surface area (Å²) in [5.74, 6) is 0.921. The Morgan fingerprint density at radius 1 is 1.00 bits per heavy atom. The van der Waals surface area contributed by atoms with Crippen molar-refractivity contribution in [3.63, 3.8) is 0 Å². The van der Waals surface area contributed by atoms with Gasteiger partial charge in [-0.1, -0.05) is 6.07 Å². The molecule has 0 saturated carbocycles. The molecule has 2 aromatic rings. The van der Waals surface area contributed by atoms with Crippen molar-refractivity contribution < 1.29 is 4.79 Å². The van der Waals surface area contributed by atoms with Gasteiger partial charge >= 0.3 is 0 Å². The van der Waals surface area contributed by atoms with Crippen molar-refractivity contribution in [2.45, 2.75) is 18.9 Å². The Bertz CT molecular complexity index is 763. The largest absolute Gasteiger partial charge is 0.371 e. The van der Waals surface area contributed by atoms with Gasteiger partial charge in [0.2, 0.25) is 0 Å². The number of piperidine rings is 1. The molecule has 0 amide bonds.